The molecule has 3 rings (SSSR count). The predicted molar refractivity (Wildman–Crippen MR) is 93.6 cm³/mol. The highest BCUT2D eigenvalue weighted by molar-refractivity contribution is 7.32. The number of fused-ring (bicyclic) bond motifs is 1. The van der Waals surface area contributed by atoms with Crippen molar-refractivity contribution in [2.45, 2.75) is 38.5 Å². The molecule has 1 fully saturated rings. The molecule has 1 aliphatic heterocycles. The Morgan fingerprint density at radius 1 is 1.57 bits per heavy atom. The standard InChI is InChI=1S/C14H19FN5O7P/c1-5(2)11(22)18-14-17-10-8(12(23)19-14)16-4-20(10)13-9(27-28(24)25)7(15)6(3-21)26-13/h4-7,9,13,21,28H,3H2,1-2H3,(H,24,25)(H2,17,18,19,22,23)/t6-,7?,9?,13-/m1/s1. The highest BCUT2D eigenvalue weighted by Gasteiger charge is 2.48. The normalized spacial score (nSPS) is 26.1. The molecule has 2 aromatic rings. The van der Waals surface area contributed by atoms with Crippen LogP contribution in [0.5, 0.6) is 0 Å². The molecular weight excluding hydrogens is 400 g/mol. The van der Waals surface area contributed by atoms with Crippen molar-refractivity contribution in [3.05, 3.63) is 16.7 Å². The zero-order valence-electron chi connectivity index (χ0n) is 14.8. The molecule has 0 radical (unpaired) electrons. The number of alkyl halides is 1. The smallest absolute Gasteiger partial charge is 0.317 e. The fraction of sp³-hybridized carbons (Fsp3) is 0.571. The van der Waals surface area contributed by atoms with E-state index in [1.807, 2.05) is 0 Å². The third-order valence-electron chi connectivity index (χ3n) is 4.15. The maximum atomic E-state index is 14.5. The summed E-state index contributed by atoms with van der Waals surface area (Å²) in [6, 6.07) is 0. The number of nitrogens with zero attached hydrogens (tertiary/aromatic N) is 3. The summed E-state index contributed by atoms with van der Waals surface area (Å²) in [5, 5.41) is 11.7. The number of rotatable bonds is 6. The van der Waals surface area contributed by atoms with Crippen molar-refractivity contribution in [2.75, 3.05) is 11.9 Å². The summed E-state index contributed by atoms with van der Waals surface area (Å²) in [4.78, 5) is 43.5. The first-order chi connectivity index (χ1) is 13.2. The number of aliphatic hydroxyl groups is 1. The predicted octanol–water partition coefficient (Wildman–Crippen LogP) is -0.291. The van der Waals surface area contributed by atoms with Crippen molar-refractivity contribution in [1.82, 2.24) is 19.5 Å². The minimum atomic E-state index is -3.53. The minimum Gasteiger partial charge on any atom is -0.394 e. The van der Waals surface area contributed by atoms with Gasteiger partial charge in [0.15, 0.2) is 23.6 Å². The largest absolute Gasteiger partial charge is 0.394 e. The summed E-state index contributed by atoms with van der Waals surface area (Å²) in [6.45, 7) is 2.61. The number of hydrogen-bond donors (Lipinski definition) is 4. The Morgan fingerprint density at radius 3 is 2.89 bits per heavy atom. The van der Waals surface area contributed by atoms with E-state index in [0.29, 0.717) is 0 Å². The van der Waals surface area contributed by atoms with Crippen LogP contribution in [0.4, 0.5) is 10.3 Å². The molecule has 0 spiro atoms. The van der Waals surface area contributed by atoms with E-state index >= 15 is 0 Å². The number of anilines is 1. The average molecular weight is 419 g/mol. The zero-order valence-corrected chi connectivity index (χ0v) is 15.8. The van der Waals surface area contributed by atoms with Gasteiger partial charge in [-0.3, -0.25) is 33.5 Å². The van der Waals surface area contributed by atoms with Crippen LogP contribution in [0.1, 0.15) is 20.1 Å². The first-order valence-electron chi connectivity index (χ1n) is 8.30. The first-order valence-corrected chi connectivity index (χ1v) is 9.57. The van der Waals surface area contributed by atoms with Crippen molar-refractivity contribution < 1.29 is 33.0 Å². The van der Waals surface area contributed by atoms with Gasteiger partial charge >= 0.3 is 8.25 Å². The summed E-state index contributed by atoms with van der Waals surface area (Å²) >= 11 is 0. The van der Waals surface area contributed by atoms with E-state index in [0.717, 1.165) is 10.9 Å². The van der Waals surface area contributed by atoms with Gasteiger partial charge < -0.3 is 14.7 Å². The average Bonchev–Trinajstić information content (AvgIpc) is 3.16. The Kier molecular flexibility index (Phi) is 5.91. The molecule has 0 saturated carbocycles. The molecule has 2 aromatic heterocycles. The molecule has 12 nitrogen and oxygen atoms in total. The molecule has 0 aliphatic carbocycles. The van der Waals surface area contributed by atoms with Crippen molar-refractivity contribution >= 4 is 31.3 Å². The number of H-pyrrole nitrogens is 1. The lowest BCUT2D eigenvalue weighted by Crippen LogP contribution is -2.30. The number of aromatic nitrogens is 4. The van der Waals surface area contributed by atoms with Gasteiger partial charge in [-0.05, 0) is 0 Å². The van der Waals surface area contributed by atoms with Crippen LogP contribution in [0, 0.1) is 5.92 Å². The molecule has 3 unspecified atom stereocenters. The number of hydrogen-bond acceptors (Lipinski definition) is 8. The topological polar surface area (TPSA) is 169 Å². The fourth-order valence-electron chi connectivity index (χ4n) is 2.74. The van der Waals surface area contributed by atoms with E-state index in [9.17, 15) is 23.7 Å². The number of carbonyl (C=O) groups is 1. The highest BCUT2D eigenvalue weighted by atomic mass is 31.1. The Labute approximate surface area is 157 Å². The van der Waals surface area contributed by atoms with Crippen molar-refractivity contribution in [3.63, 3.8) is 0 Å². The third kappa shape index (κ3) is 3.84. The van der Waals surface area contributed by atoms with E-state index in [4.69, 9.17) is 14.2 Å². The summed E-state index contributed by atoms with van der Waals surface area (Å²) in [5.74, 6) is -0.920. The van der Waals surface area contributed by atoms with Gasteiger partial charge in [0.1, 0.15) is 12.2 Å². The molecule has 1 aliphatic rings. The van der Waals surface area contributed by atoms with Crippen molar-refractivity contribution in [2.24, 2.45) is 5.92 Å². The van der Waals surface area contributed by atoms with Crippen LogP contribution in [-0.4, -0.2) is 60.4 Å². The Balaban J connectivity index is 2.04. The van der Waals surface area contributed by atoms with Gasteiger partial charge in [-0.15, -0.1) is 0 Å². The third-order valence-corrected chi connectivity index (χ3v) is 4.63. The van der Waals surface area contributed by atoms with Crippen LogP contribution in [-0.2, 0) is 18.6 Å². The quantitative estimate of drug-likeness (QED) is 0.460. The van der Waals surface area contributed by atoms with Crippen LogP contribution in [0.15, 0.2) is 11.1 Å². The van der Waals surface area contributed by atoms with E-state index in [2.05, 4.69) is 20.3 Å². The van der Waals surface area contributed by atoms with Gasteiger partial charge in [0, 0.05) is 5.92 Å². The lowest BCUT2D eigenvalue weighted by molar-refractivity contribution is -0.118. The van der Waals surface area contributed by atoms with Crippen molar-refractivity contribution in [3.8, 4) is 0 Å². The molecular formula is C14H19FN5O7P. The van der Waals surface area contributed by atoms with Crippen molar-refractivity contribution in [1.29, 1.82) is 0 Å². The second-order valence-corrected chi connectivity index (χ2v) is 7.19. The number of carbonyl (C=O) groups excluding carboxylic acids is 1. The molecule has 3 heterocycles. The van der Waals surface area contributed by atoms with Crippen LogP contribution < -0.4 is 10.9 Å². The van der Waals surface area contributed by atoms with Crippen LogP contribution in [0.3, 0.4) is 0 Å². The molecule has 28 heavy (non-hydrogen) atoms. The number of aliphatic hydroxyl groups excluding tert-OH is 1. The molecule has 0 aromatic carbocycles. The number of nitrogens with one attached hydrogen (secondary N) is 2. The SMILES string of the molecule is CC(C)C(=O)Nc1nc2c(ncn2[C@@H]2O[C@H](CO)C(F)C2O[PH](=O)O)c(=O)[nH]1. The minimum absolute atomic E-state index is 0.0650. The van der Waals surface area contributed by atoms with E-state index in [-0.39, 0.29) is 23.0 Å². The number of amides is 1. The van der Waals surface area contributed by atoms with Crippen LogP contribution >= 0.6 is 8.25 Å². The zero-order chi connectivity index (χ0) is 20.6. The number of imidazole rings is 1. The summed E-state index contributed by atoms with van der Waals surface area (Å²) in [7, 11) is -3.53. The molecule has 14 heteroatoms. The Bertz CT molecular complexity index is 963. The van der Waals surface area contributed by atoms with E-state index in [1.165, 1.54) is 0 Å². The number of halogens is 1. The second-order valence-electron chi connectivity index (χ2n) is 6.42. The van der Waals surface area contributed by atoms with Gasteiger partial charge in [0.25, 0.3) is 5.56 Å². The number of ether oxygens (including phenoxy) is 1. The summed E-state index contributed by atoms with van der Waals surface area (Å²) < 4.78 is 36.8. The van der Waals surface area contributed by atoms with Gasteiger partial charge in [-0.25, -0.2) is 9.37 Å². The van der Waals surface area contributed by atoms with Crippen LogP contribution in [0.25, 0.3) is 11.2 Å². The highest BCUT2D eigenvalue weighted by Crippen LogP contribution is 2.39. The van der Waals surface area contributed by atoms with Gasteiger partial charge in [-0.1, -0.05) is 13.8 Å². The molecule has 154 valence electrons. The lowest BCUT2D eigenvalue weighted by Gasteiger charge is -2.19. The Morgan fingerprint density at radius 2 is 2.29 bits per heavy atom. The maximum absolute atomic E-state index is 14.5. The monoisotopic (exact) mass is 419 g/mol. The number of aromatic amines is 1. The fourth-order valence-corrected chi connectivity index (χ4v) is 3.22. The van der Waals surface area contributed by atoms with Gasteiger partial charge in [-0.2, -0.15) is 4.98 Å². The summed E-state index contributed by atoms with van der Waals surface area (Å²) in [6.07, 6.45) is -4.95. The van der Waals surface area contributed by atoms with Gasteiger partial charge in [0.05, 0.1) is 12.9 Å². The summed E-state index contributed by atoms with van der Waals surface area (Å²) in [5.41, 5.74) is -0.848. The molecule has 4 N–H and O–H groups in total. The van der Waals surface area contributed by atoms with E-state index in [1.54, 1.807) is 13.8 Å². The molecule has 1 amide bonds. The maximum Gasteiger partial charge on any atom is 0.317 e. The second kappa shape index (κ2) is 8.05. The molecule has 0 bridgehead atoms. The molecule has 1 saturated heterocycles. The Hall–Kier alpha value is -2.18. The lowest BCUT2D eigenvalue weighted by atomic mass is 10.1. The van der Waals surface area contributed by atoms with Gasteiger partial charge in [0.2, 0.25) is 11.9 Å². The van der Waals surface area contributed by atoms with E-state index < -0.39 is 50.9 Å². The first kappa shape index (κ1) is 20.6. The van der Waals surface area contributed by atoms with Crippen LogP contribution in [0.2, 0.25) is 0 Å². The molecule has 5 atom stereocenters.